The summed E-state index contributed by atoms with van der Waals surface area (Å²) < 4.78 is 1.75. The Morgan fingerprint density at radius 2 is 1.83 bits per heavy atom. The Labute approximate surface area is 152 Å². The van der Waals surface area contributed by atoms with Crippen molar-refractivity contribution < 1.29 is 9.90 Å². The van der Waals surface area contributed by atoms with Gasteiger partial charge in [0.15, 0.2) is 0 Å². The van der Waals surface area contributed by atoms with Gasteiger partial charge in [0.25, 0.3) is 0 Å². The maximum atomic E-state index is 10.8. The third kappa shape index (κ3) is 3.56. The van der Waals surface area contributed by atoms with Crippen molar-refractivity contribution in [3.63, 3.8) is 0 Å². The first-order chi connectivity index (χ1) is 11.4. The molecule has 0 amide bonds. The summed E-state index contributed by atoms with van der Waals surface area (Å²) >= 11 is 18.2. The lowest BCUT2D eigenvalue weighted by atomic mass is 10.2. The number of carbonyl (C=O) groups is 1. The Bertz CT molecular complexity index is 964. The second kappa shape index (κ2) is 6.85. The molecule has 7 heteroatoms. The molecule has 24 heavy (non-hydrogen) atoms. The van der Waals surface area contributed by atoms with Crippen molar-refractivity contribution >= 4 is 57.8 Å². The molecular formula is C17H11Cl3N2O2. The fourth-order valence-electron chi connectivity index (χ4n) is 2.38. The van der Waals surface area contributed by atoms with E-state index in [-0.39, 0.29) is 0 Å². The number of rotatable bonds is 4. The number of carboxylic acid groups (broad SMARTS) is 1. The van der Waals surface area contributed by atoms with Crippen LogP contribution in [-0.4, -0.2) is 20.9 Å². The number of hydrogen-bond donors (Lipinski definition) is 1. The lowest BCUT2D eigenvalue weighted by molar-refractivity contribution is -0.131. The average Bonchev–Trinajstić information content (AvgIpc) is 2.85. The fourth-order valence-corrected chi connectivity index (χ4v) is 3.02. The molecule has 0 fully saturated rings. The maximum absolute atomic E-state index is 10.8. The molecular weight excluding hydrogens is 371 g/mol. The highest BCUT2D eigenvalue weighted by atomic mass is 35.5. The Hall–Kier alpha value is -2.01. The van der Waals surface area contributed by atoms with Gasteiger partial charge in [-0.3, -0.25) is 4.68 Å². The lowest BCUT2D eigenvalue weighted by Crippen LogP contribution is -2.02. The predicted octanol–water partition coefficient (Wildman–Crippen LogP) is 5.14. The van der Waals surface area contributed by atoms with Crippen LogP contribution in [0.25, 0.3) is 17.0 Å². The third-order valence-corrected chi connectivity index (χ3v) is 4.28. The quantitative estimate of drug-likeness (QED) is 0.636. The number of aromatic nitrogens is 2. The van der Waals surface area contributed by atoms with E-state index >= 15 is 0 Å². The number of nitrogens with zero attached hydrogens (tertiary/aromatic N) is 2. The van der Waals surface area contributed by atoms with Crippen molar-refractivity contribution in [3.8, 4) is 0 Å². The molecule has 0 aliphatic heterocycles. The topological polar surface area (TPSA) is 55.1 Å². The zero-order valence-electron chi connectivity index (χ0n) is 12.2. The van der Waals surface area contributed by atoms with Crippen molar-refractivity contribution in [1.82, 2.24) is 9.78 Å². The molecule has 2 aromatic carbocycles. The van der Waals surface area contributed by atoms with E-state index < -0.39 is 5.97 Å². The highest BCUT2D eigenvalue weighted by Gasteiger charge is 2.11. The van der Waals surface area contributed by atoms with E-state index in [0.29, 0.717) is 27.3 Å². The third-order valence-electron chi connectivity index (χ3n) is 3.46. The summed E-state index contributed by atoms with van der Waals surface area (Å²) in [4.78, 5) is 10.8. The normalized spacial score (nSPS) is 11.5. The van der Waals surface area contributed by atoms with Crippen LogP contribution < -0.4 is 0 Å². The maximum Gasteiger partial charge on any atom is 0.328 e. The molecule has 0 atom stereocenters. The van der Waals surface area contributed by atoms with Gasteiger partial charge in [-0.25, -0.2) is 4.79 Å². The van der Waals surface area contributed by atoms with E-state index in [1.54, 1.807) is 28.9 Å². The van der Waals surface area contributed by atoms with Gasteiger partial charge in [-0.15, -0.1) is 0 Å². The van der Waals surface area contributed by atoms with Crippen molar-refractivity contribution in [2.24, 2.45) is 0 Å². The van der Waals surface area contributed by atoms with Gasteiger partial charge in [-0.2, -0.15) is 5.10 Å². The van der Waals surface area contributed by atoms with Gasteiger partial charge in [0.05, 0.1) is 17.8 Å². The number of aliphatic carboxylic acids is 1. The summed E-state index contributed by atoms with van der Waals surface area (Å²) in [6.07, 6.45) is 2.49. The number of carboxylic acids is 1. The molecule has 0 saturated carbocycles. The van der Waals surface area contributed by atoms with Crippen molar-refractivity contribution in [3.05, 3.63) is 68.8 Å². The van der Waals surface area contributed by atoms with Gasteiger partial charge >= 0.3 is 5.97 Å². The summed E-state index contributed by atoms with van der Waals surface area (Å²) in [6.45, 7) is 0.426. The Morgan fingerprint density at radius 1 is 1.12 bits per heavy atom. The van der Waals surface area contributed by atoms with Crippen LogP contribution in [0.2, 0.25) is 15.1 Å². The van der Waals surface area contributed by atoms with Gasteiger partial charge < -0.3 is 5.11 Å². The van der Waals surface area contributed by atoms with Crippen LogP contribution in [0.4, 0.5) is 0 Å². The first-order valence-electron chi connectivity index (χ1n) is 6.95. The number of fused-ring (bicyclic) bond motifs is 1. The first kappa shape index (κ1) is 16.8. The molecule has 0 bridgehead atoms. The van der Waals surface area contributed by atoms with Gasteiger partial charge in [-0.05, 0) is 42.0 Å². The monoisotopic (exact) mass is 380 g/mol. The van der Waals surface area contributed by atoms with Crippen molar-refractivity contribution in [2.45, 2.75) is 6.54 Å². The van der Waals surface area contributed by atoms with E-state index in [1.165, 1.54) is 6.08 Å². The van der Waals surface area contributed by atoms with E-state index in [4.69, 9.17) is 39.9 Å². The largest absolute Gasteiger partial charge is 0.478 e. The van der Waals surface area contributed by atoms with Crippen molar-refractivity contribution in [1.29, 1.82) is 0 Å². The standard InChI is InChI=1S/C17H11Cl3N2O2/c18-11-3-5-16-13(7-11)15(4-6-17(23)24)21-22(16)9-10-1-2-12(19)8-14(10)20/h1-8H,9H2,(H,23,24). The summed E-state index contributed by atoms with van der Waals surface area (Å²) in [5, 5.41) is 15.7. The predicted molar refractivity (Wildman–Crippen MR) is 97.0 cm³/mol. The van der Waals surface area contributed by atoms with Crippen LogP contribution in [-0.2, 0) is 11.3 Å². The van der Waals surface area contributed by atoms with Crippen LogP contribution in [0.5, 0.6) is 0 Å². The smallest absolute Gasteiger partial charge is 0.328 e. The molecule has 1 heterocycles. The molecule has 1 N–H and O–H groups in total. The second-order valence-corrected chi connectivity index (χ2v) is 6.39. The molecule has 0 saturated heterocycles. The molecule has 122 valence electrons. The van der Waals surface area contributed by atoms with Gasteiger partial charge in [-0.1, -0.05) is 40.9 Å². The van der Waals surface area contributed by atoms with Gasteiger partial charge in [0.1, 0.15) is 0 Å². The van der Waals surface area contributed by atoms with Crippen LogP contribution in [0.1, 0.15) is 11.3 Å². The number of benzene rings is 2. The van der Waals surface area contributed by atoms with Crippen LogP contribution in [0, 0.1) is 0 Å². The highest BCUT2D eigenvalue weighted by molar-refractivity contribution is 6.35. The number of hydrogen-bond acceptors (Lipinski definition) is 2. The molecule has 4 nitrogen and oxygen atoms in total. The second-order valence-electron chi connectivity index (χ2n) is 5.11. The Kier molecular flexibility index (Phi) is 4.81. The molecule has 0 aliphatic rings. The van der Waals surface area contributed by atoms with E-state index in [1.807, 2.05) is 12.1 Å². The lowest BCUT2D eigenvalue weighted by Gasteiger charge is -2.06. The molecule has 0 radical (unpaired) electrons. The zero-order chi connectivity index (χ0) is 17.3. The zero-order valence-corrected chi connectivity index (χ0v) is 14.5. The van der Waals surface area contributed by atoms with Gasteiger partial charge in [0, 0.05) is 26.5 Å². The van der Waals surface area contributed by atoms with Crippen LogP contribution in [0.15, 0.2) is 42.5 Å². The highest BCUT2D eigenvalue weighted by Crippen LogP contribution is 2.27. The minimum Gasteiger partial charge on any atom is -0.478 e. The van der Waals surface area contributed by atoms with Gasteiger partial charge in [0.2, 0.25) is 0 Å². The molecule has 0 aliphatic carbocycles. The summed E-state index contributed by atoms with van der Waals surface area (Å²) in [5.41, 5.74) is 2.21. The molecule has 3 aromatic rings. The molecule has 1 aromatic heterocycles. The Balaban J connectivity index is 2.09. The first-order valence-corrected chi connectivity index (χ1v) is 8.08. The average molecular weight is 382 g/mol. The fraction of sp³-hybridized carbons (Fsp3) is 0.0588. The summed E-state index contributed by atoms with van der Waals surface area (Å²) in [6, 6.07) is 10.6. The van der Waals surface area contributed by atoms with E-state index in [0.717, 1.165) is 22.5 Å². The minimum absolute atomic E-state index is 0.426. The van der Waals surface area contributed by atoms with Crippen molar-refractivity contribution in [2.75, 3.05) is 0 Å². The summed E-state index contributed by atoms with van der Waals surface area (Å²) in [5.74, 6) is -1.04. The van der Waals surface area contributed by atoms with Crippen LogP contribution in [0.3, 0.4) is 0 Å². The molecule has 0 spiro atoms. The molecule has 3 rings (SSSR count). The minimum atomic E-state index is -1.04. The van der Waals surface area contributed by atoms with E-state index in [2.05, 4.69) is 5.10 Å². The van der Waals surface area contributed by atoms with Crippen LogP contribution >= 0.6 is 34.8 Å². The Morgan fingerprint density at radius 3 is 2.54 bits per heavy atom. The summed E-state index contributed by atoms with van der Waals surface area (Å²) in [7, 11) is 0. The SMILES string of the molecule is O=C(O)C=Cc1nn(Cc2ccc(Cl)cc2Cl)c2ccc(Cl)cc12. The molecule has 0 unspecified atom stereocenters. The van der Waals surface area contributed by atoms with E-state index in [9.17, 15) is 4.79 Å². The number of halogens is 3.